The first-order chi connectivity index (χ1) is 5.70. The summed E-state index contributed by atoms with van der Waals surface area (Å²) in [5, 5.41) is 10.5. The molecule has 0 bridgehead atoms. The van der Waals surface area contributed by atoms with Crippen molar-refractivity contribution in [2.75, 3.05) is 6.61 Å². The van der Waals surface area contributed by atoms with E-state index < -0.39 is 5.97 Å². The first-order valence-electron chi connectivity index (χ1n) is 3.55. The normalized spacial score (nSPS) is 25.2. The summed E-state index contributed by atoms with van der Waals surface area (Å²) in [4.78, 5) is 22.5. The van der Waals surface area contributed by atoms with Gasteiger partial charge in [0, 0.05) is 0 Å². The molecule has 6 heteroatoms. The molecule has 0 aromatic carbocycles. The Morgan fingerprint density at radius 3 is 2.85 bits per heavy atom. The number of hydrogen-bond donors (Lipinski definition) is 0. The third kappa shape index (κ3) is 1.65. The average Bonchev–Trinajstić information content (AvgIpc) is 2.01. The molecule has 0 spiro atoms. The van der Waals surface area contributed by atoms with Crippen molar-refractivity contribution >= 4 is 11.9 Å². The Balaban J connectivity index is 0.000000845. The van der Waals surface area contributed by atoms with Gasteiger partial charge in [-0.25, -0.2) is 0 Å². The van der Waals surface area contributed by atoms with Gasteiger partial charge in [0.1, 0.15) is 6.23 Å². The van der Waals surface area contributed by atoms with E-state index in [0.29, 0.717) is 0 Å². The minimum Gasteiger partial charge on any atom is -0.543 e. The number of hydrogen-bond acceptors (Lipinski definition) is 4. The predicted molar refractivity (Wildman–Crippen MR) is 34.3 cm³/mol. The molecule has 0 aliphatic carbocycles. The van der Waals surface area contributed by atoms with Crippen LogP contribution in [0.25, 0.3) is 0 Å². The van der Waals surface area contributed by atoms with E-state index in [2.05, 4.69) is 0 Å². The Morgan fingerprint density at radius 2 is 2.38 bits per heavy atom. The van der Waals surface area contributed by atoms with Crippen molar-refractivity contribution in [3.8, 4) is 0 Å². The first-order valence-corrected chi connectivity index (χ1v) is 3.55. The van der Waals surface area contributed by atoms with Crippen LogP contribution in [-0.4, -0.2) is 29.6 Å². The zero-order valence-electron chi connectivity index (χ0n) is 7.15. The van der Waals surface area contributed by atoms with Gasteiger partial charge in [0.15, 0.2) is 0 Å². The topological polar surface area (TPSA) is 69.7 Å². The maximum atomic E-state index is 10.9. The number of amides is 1. The summed E-state index contributed by atoms with van der Waals surface area (Å²) in [5.41, 5.74) is -0.0671. The monoisotopic (exact) mass is 191 g/mol. The number of rotatable bonds is 1. The van der Waals surface area contributed by atoms with Gasteiger partial charge in [0.25, 0.3) is 0 Å². The third-order valence-electron chi connectivity index (χ3n) is 1.94. The maximum Gasteiger partial charge on any atom is 1.00 e. The fourth-order valence-corrected chi connectivity index (χ4v) is 1.33. The van der Waals surface area contributed by atoms with Crippen LogP contribution in [0.2, 0.25) is 0 Å². The van der Waals surface area contributed by atoms with Crippen molar-refractivity contribution in [2.45, 2.75) is 12.6 Å². The van der Waals surface area contributed by atoms with Crippen LogP contribution in [0.3, 0.4) is 0 Å². The molecule has 0 N–H and O–H groups in total. The van der Waals surface area contributed by atoms with Gasteiger partial charge in [-0.2, -0.15) is 0 Å². The van der Waals surface area contributed by atoms with Crippen LogP contribution in [0.15, 0.2) is 11.8 Å². The molecular weight excluding hydrogens is 185 g/mol. The van der Waals surface area contributed by atoms with Crippen LogP contribution in [0.4, 0.5) is 0 Å². The summed E-state index contributed by atoms with van der Waals surface area (Å²) in [6.07, 6.45) is 1.23. The quantitative estimate of drug-likeness (QED) is 0.308. The Hall–Kier alpha value is -0.360. The van der Waals surface area contributed by atoms with E-state index >= 15 is 0 Å². The van der Waals surface area contributed by atoms with E-state index in [9.17, 15) is 14.7 Å². The van der Waals surface area contributed by atoms with Gasteiger partial charge in [-0.05, 0) is 6.08 Å². The fraction of sp³-hybridized carbons (Fsp3) is 0.429. The van der Waals surface area contributed by atoms with Crippen molar-refractivity contribution in [1.29, 1.82) is 0 Å². The smallest absolute Gasteiger partial charge is 0.543 e. The molecule has 1 saturated heterocycles. The zero-order valence-corrected chi connectivity index (χ0v) is 9.15. The molecule has 0 unspecified atom stereocenters. The number of nitrogens with zero attached hydrogens (tertiary/aromatic N) is 1. The van der Waals surface area contributed by atoms with E-state index in [1.165, 1.54) is 6.08 Å². The van der Waals surface area contributed by atoms with Gasteiger partial charge < -0.3 is 14.6 Å². The van der Waals surface area contributed by atoms with Gasteiger partial charge in [0.2, 0.25) is 5.91 Å². The number of aliphatic carboxylic acids is 1. The maximum absolute atomic E-state index is 10.9. The molecule has 2 aliphatic heterocycles. The van der Waals surface area contributed by atoms with Crippen molar-refractivity contribution in [3.63, 3.8) is 0 Å². The minimum atomic E-state index is -1.32. The van der Waals surface area contributed by atoms with Crippen LogP contribution in [0.5, 0.6) is 0 Å². The summed E-state index contributed by atoms with van der Waals surface area (Å²) in [6, 6.07) is 0. The molecule has 64 valence electrons. The molecule has 1 fully saturated rings. The molecule has 0 aromatic rings. The summed E-state index contributed by atoms with van der Waals surface area (Å²) in [5.74, 6) is -1.55. The minimum absolute atomic E-state index is 0. The van der Waals surface area contributed by atoms with Crippen molar-refractivity contribution in [1.82, 2.24) is 4.90 Å². The SMILES string of the molecule is O=C([O-])C1=CCO[C@@H]2CC(=O)N12.[Na+]. The van der Waals surface area contributed by atoms with Crippen molar-refractivity contribution < 1.29 is 49.0 Å². The second-order valence-corrected chi connectivity index (χ2v) is 2.63. The van der Waals surface area contributed by atoms with Crippen LogP contribution in [0, 0.1) is 0 Å². The summed E-state index contributed by atoms with van der Waals surface area (Å²) < 4.78 is 5.07. The Kier molecular flexibility index (Phi) is 3.13. The molecule has 1 atom stereocenters. The number of carboxylic acids is 1. The average molecular weight is 191 g/mol. The number of carboxylic acid groups (broad SMARTS) is 1. The summed E-state index contributed by atoms with van der Waals surface area (Å²) >= 11 is 0. The molecule has 13 heavy (non-hydrogen) atoms. The molecular formula is C7H6NNaO4. The predicted octanol–water partition coefficient (Wildman–Crippen LogP) is -4.79. The van der Waals surface area contributed by atoms with Gasteiger partial charge in [-0.3, -0.25) is 9.69 Å². The first kappa shape index (κ1) is 10.7. The fourth-order valence-electron chi connectivity index (χ4n) is 1.33. The molecule has 0 radical (unpaired) electrons. The van der Waals surface area contributed by atoms with Crippen molar-refractivity contribution in [3.05, 3.63) is 11.8 Å². The zero-order chi connectivity index (χ0) is 8.72. The van der Waals surface area contributed by atoms with Crippen LogP contribution < -0.4 is 34.7 Å². The Labute approximate surface area is 96.6 Å². The van der Waals surface area contributed by atoms with E-state index in [1.54, 1.807) is 0 Å². The number of carbonyl (C=O) groups excluding carboxylic acids is 2. The second-order valence-electron chi connectivity index (χ2n) is 2.63. The molecule has 2 rings (SSSR count). The second kappa shape index (κ2) is 3.79. The number of carbonyl (C=O) groups is 2. The molecule has 2 aliphatic rings. The molecule has 5 nitrogen and oxygen atoms in total. The Bertz CT molecular complexity index is 288. The number of ether oxygens (including phenoxy) is 1. The molecule has 1 amide bonds. The Morgan fingerprint density at radius 1 is 1.69 bits per heavy atom. The van der Waals surface area contributed by atoms with Gasteiger partial charge in [-0.1, -0.05) is 0 Å². The molecule has 0 aromatic heterocycles. The van der Waals surface area contributed by atoms with Crippen LogP contribution in [-0.2, 0) is 14.3 Å². The summed E-state index contributed by atoms with van der Waals surface area (Å²) in [7, 11) is 0. The number of β-lactam (4-membered cyclic amide) rings is 1. The largest absolute Gasteiger partial charge is 1.00 e. The van der Waals surface area contributed by atoms with E-state index in [-0.39, 0.29) is 60.4 Å². The van der Waals surface area contributed by atoms with Gasteiger partial charge in [-0.15, -0.1) is 0 Å². The van der Waals surface area contributed by atoms with Crippen molar-refractivity contribution in [2.24, 2.45) is 0 Å². The third-order valence-corrected chi connectivity index (χ3v) is 1.94. The van der Waals surface area contributed by atoms with Gasteiger partial charge in [0.05, 0.1) is 24.7 Å². The van der Waals surface area contributed by atoms with E-state index in [4.69, 9.17) is 4.74 Å². The van der Waals surface area contributed by atoms with Gasteiger partial charge >= 0.3 is 29.6 Å². The molecule has 2 heterocycles. The summed E-state index contributed by atoms with van der Waals surface area (Å²) in [6.45, 7) is 0.234. The number of fused-ring (bicyclic) bond motifs is 1. The molecule has 0 saturated carbocycles. The standard InChI is InChI=1S/C7H7NO4.Na/c9-5-3-6-8(5)4(7(10)11)1-2-12-6;/h1,6H,2-3H2,(H,10,11);/q;+1/p-1/t6-;/m1./s1. The van der Waals surface area contributed by atoms with E-state index in [0.717, 1.165) is 4.90 Å². The van der Waals surface area contributed by atoms with Crippen LogP contribution in [0.1, 0.15) is 6.42 Å². The van der Waals surface area contributed by atoms with Crippen LogP contribution >= 0.6 is 0 Å². The van der Waals surface area contributed by atoms with E-state index in [1.807, 2.05) is 0 Å².